The second-order valence-electron chi connectivity index (χ2n) is 3.67. The minimum Gasteiger partial charge on any atom is -0.259 e. The highest BCUT2D eigenvalue weighted by atomic mass is 79.9. The highest BCUT2D eigenvalue weighted by Crippen LogP contribution is 2.43. The van der Waals surface area contributed by atoms with E-state index in [0.717, 1.165) is 5.56 Å². The molecule has 0 fully saturated rings. The zero-order valence-corrected chi connectivity index (χ0v) is 10.1. The van der Waals surface area contributed by atoms with Crippen LogP contribution in [-0.2, 0) is 10.0 Å². The lowest BCUT2D eigenvalue weighted by Gasteiger charge is -2.27. The van der Waals surface area contributed by atoms with Crippen molar-refractivity contribution in [2.24, 2.45) is 0 Å². The molecule has 2 bridgehead atoms. The van der Waals surface area contributed by atoms with Gasteiger partial charge in [-0.05, 0) is 33.6 Å². The van der Waals surface area contributed by atoms with Crippen molar-refractivity contribution in [3.05, 3.63) is 40.5 Å². The van der Waals surface area contributed by atoms with Crippen molar-refractivity contribution in [3.63, 3.8) is 0 Å². The molecule has 15 heavy (non-hydrogen) atoms. The van der Waals surface area contributed by atoms with Gasteiger partial charge in [0.15, 0.2) is 0 Å². The third-order valence-corrected chi connectivity index (χ3v) is 5.61. The van der Waals surface area contributed by atoms with Gasteiger partial charge in [-0.25, -0.2) is 8.42 Å². The lowest BCUT2D eigenvalue weighted by Crippen LogP contribution is -2.32. The average molecular weight is 286 g/mol. The molecule has 0 N–H and O–H groups in total. The van der Waals surface area contributed by atoms with Crippen molar-refractivity contribution in [1.82, 2.24) is 4.31 Å². The molecule has 1 aromatic rings. The van der Waals surface area contributed by atoms with Crippen molar-refractivity contribution in [2.45, 2.75) is 10.8 Å². The van der Waals surface area contributed by atoms with E-state index in [9.17, 15) is 8.42 Å². The van der Waals surface area contributed by atoms with Crippen molar-refractivity contribution in [2.75, 3.05) is 6.54 Å². The molecular formula is C10H8BrNO2S. The van der Waals surface area contributed by atoms with E-state index in [1.807, 2.05) is 18.2 Å². The highest BCUT2D eigenvalue weighted by molar-refractivity contribution is 9.11. The van der Waals surface area contributed by atoms with Gasteiger partial charge in [-0.15, -0.1) is 0 Å². The lowest BCUT2D eigenvalue weighted by molar-refractivity contribution is 0.487. The Morgan fingerprint density at radius 3 is 2.87 bits per heavy atom. The molecule has 0 saturated carbocycles. The first-order valence-electron chi connectivity index (χ1n) is 4.60. The van der Waals surface area contributed by atoms with Crippen LogP contribution in [0.15, 0.2) is 39.8 Å². The zero-order valence-electron chi connectivity index (χ0n) is 7.72. The Morgan fingerprint density at radius 2 is 2.07 bits per heavy atom. The number of rotatable bonds is 0. The molecule has 0 spiro atoms. The molecule has 3 rings (SSSR count). The number of nitrogens with zero attached hydrogens (tertiary/aromatic N) is 1. The SMILES string of the molecule is O=S1(=O)c2ccccc2[C@@H]2C=C(Br)N1C2. The van der Waals surface area contributed by atoms with Crippen LogP contribution < -0.4 is 0 Å². The molecule has 2 heterocycles. The first kappa shape index (κ1) is 9.42. The molecule has 78 valence electrons. The lowest BCUT2D eigenvalue weighted by atomic mass is 10.0. The van der Waals surface area contributed by atoms with Gasteiger partial charge < -0.3 is 0 Å². The van der Waals surface area contributed by atoms with E-state index >= 15 is 0 Å². The van der Waals surface area contributed by atoms with Crippen LogP contribution in [0.1, 0.15) is 11.5 Å². The molecular weight excluding hydrogens is 278 g/mol. The van der Waals surface area contributed by atoms with Crippen LogP contribution in [0.2, 0.25) is 0 Å². The summed E-state index contributed by atoms with van der Waals surface area (Å²) in [7, 11) is -3.32. The maximum atomic E-state index is 12.1. The van der Waals surface area contributed by atoms with Crippen molar-refractivity contribution < 1.29 is 8.42 Å². The average Bonchev–Trinajstić information content (AvgIpc) is 2.57. The van der Waals surface area contributed by atoms with Gasteiger partial charge in [-0.2, -0.15) is 0 Å². The molecule has 1 aromatic carbocycles. The number of hydrogen-bond donors (Lipinski definition) is 0. The standard InChI is InChI=1S/C10H8BrNO2S/c11-10-5-7-6-12(10)15(13,14)9-4-2-1-3-8(7)9/h1-5,7H,6H2/t7-/m1/s1. The summed E-state index contributed by atoms with van der Waals surface area (Å²) in [5.41, 5.74) is 0.906. The van der Waals surface area contributed by atoms with Crippen LogP contribution in [0, 0.1) is 0 Å². The fraction of sp³-hybridized carbons (Fsp3) is 0.200. The van der Waals surface area contributed by atoms with Gasteiger partial charge in [0.1, 0.15) is 0 Å². The Balaban J connectivity index is 2.36. The number of halogens is 1. The second-order valence-corrected chi connectivity index (χ2v) is 6.31. The summed E-state index contributed by atoms with van der Waals surface area (Å²) in [6.45, 7) is 0.528. The van der Waals surface area contributed by atoms with E-state index in [0.29, 0.717) is 16.0 Å². The van der Waals surface area contributed by atoms with Crippen LogP contribution in [0.25, 0.3) is 0 Å². The molecule has 3 nitrogen and oxygen atoms in total. The summed E-state index contributed by atoms with van der Waals surface area (Å²) < 4.78 is 26.3. The minimum atomic E-state index is -3.32. The maximum absolute atomic E-state index is 12.1. The molecule has 5 heteroatoms. The molecule has 2 aliphatic heterocycles. The topological polar surface area (TPSA) is 37.4 Å². The monoisotopic (exact) mass is 285 g/mol. The quantitative estimate of drug-likeness (QED) is 0.684. The van der Waals surface area contributed by atoms with Gasteiger partial charge in [0.05, 0.1) is 9.50 Å². The van der Waals surface area contributed by atoms with Crippen molar-refractivity contribution in [1.29, 1.82) is 0 Å². The van der Waals surface area contributed by atoms with Crippen LogP contribution >= 0.6 is 15.9 Å². The Kier molecular flexibility index (Phi) is 1.79. The van der Waals surface area contributed by atoms with E-state index in [-0.39, 0.29) is 5.92 Å². The molecule has 0 unspecified atom stereocenters. The van der Waals surface area contributed by atoms with Crippen LogP contribution in [0.4, 0.5) is 0 Å². The maximum Gasteiger partial charge on any atom is 0.265 e. The summed E-state index contributed by atoms with van der Waals surface area (Å²) in [5.74, 6) is 0.194. The van der Waals surface area contributed by atoms with E-state index in [1.165, 1.54) is 4.31 Å². The predicted octanol–water partition coefficient (Wildman–Crippen LogP) is 2.02. The summed E-state index contributed by atoms with van der Waals surface area (Å²) in [6, 6.07) is 7.19. The molecule has 0 radical (unpaired) electrons. The van der Waals surface area contributed by atoms with E-state index < -0.39 is 10.0 Å². The molecule has 0 aromatic heterocycles. The van der Waals surface area contributed by atoms with Crippen molar-refractivity contribution in [3.8, 4) is 0 Å². The summed E-state index contributed by atoms with van der Waals surface area (Å²) >= 11 is 3.29. The Morgan fingerprint density at radius 1 is 1.33 bits per heavy atom. The smallest absolute Gasteiger partial charge is 0.259 e. The molecule has 0 aliphatic carbocycles. The predicted molar refractivity (Wildman–Crippen MR) is 60.1 cm³/mol. The summed E-state index contributed by atoms with van der Waals surface area (Å²) in [5, 5.41) is 0. The van der Waals surface area contributed by atoms with Gasteiger partial charge in [0.2, 0.25) is 0 Å². The number of benzene rings is 1. The van der Waals surface area contributed by atoms with Gasteiger partial charge in [-0.3, -0.25) is 4.31 Å². The number of hydrogen-bond acceptors (Lipinski definition) is 2. The van der Waals surface area contributed by atoms with Crippen LogP contribution in [-0.4, -0.2) is 19.3 Å². The van der Waals surface area contributed by atoms with Crippen LogP contribution in [0.5, 0.6) is 0 Å². The first-order chi connectivity index (χ1) is 7.10. The zero-order chi connectivity index (χ0) is 10.6. The largest absolute Gasteiger partial charge is 0.265 e. The minimum absolute atomic E-state index is 0.194. The molecule has 0 saturated heterocycles. The second kappa shape index (κ2) is 2.86. The number of sulfonamides is 1. The Hall–Kier alpha value is -0.810. The first-order valence-corrected chi connectivity index (χ1v) is 6.83. The number of fused-ring (bicyclic) bond motifs is 4. The van der Waals surface area contributed by atoms with E-state index in [2.05, 4.69) is 15.9 Å². The van der Waals surface area contributed by atoms with Crippen molar-refractivity contribution >= 4 is 26.0 Å². The van der Waals surface area contributed by atoms with Gasteiger partial charge >= 0.3 is 0 Å². The fourth-order valence-electron chi connectivity index (χ4n) is 2.11. The van der Waals surface area contributed by atoms with E-state index in [1.54, 1.807) is 12.1 Å². The van der Waals surface area contributed by atoms with Gasteiger partial charge in [0, 0.05) is 12.5 Å². The van der Waals surface area contributed by atoms with E-state index in [4.69, 9.17) is 0 Å². The van der Waals surface area contributed by atoms with Gasteiger partial charge in [-0.1, -0.05) is 18.2 Å². The normalized spacial score (nSPS) is 26.1. The highest BCUT2D eigenvalue weighted by Gasteiger charge is 2.40. The van der Waals surface area contributed by atoms with Gasteiger partial charge in [0.25, 0.3) is 10.0 Å². The Labute approximate surface area is 96.6 Å². The molecule has 1 atom stereocenters. The fourth-order valence-corrected chi connectivity index (χ4v) is 4.80. The summed E-state index contributed by atoms with van der Waals surface area (Å²) in [4.78, 5) is 0.437. The third-order valence-electron chi connectivity index (χ3n) is 2.83. The van der Waals surface area contributed by atoms with Crippen LogP contribution in [0.3, 0.4) is 0 Å². The molecule has 0 amide bonds. The third kappa shape index (κ3) is 1.13. The Bertz CT molecular complexity index is 565. The summed E-state index contributed by atoms with van der Waals surface area (Å²) in [6.07, 6.45) is 1.95. The molecule has 2 aliphatic rings.